The molecule has 8 heteroatoms. The van der Waals surface area contributed by atoms with Crippen LogP contribution in [0.4, 0.5) is 23.4 Å². The van der Waals surface area contributed by atoms with Gasteiger partial charge in [0, 0.05) is 6.54 Å². The third-order valence-electron chi connectivity index (χ3n) is 5.72. The first kappa shape index (κ1) is 21.8. The van der Waals surface area contributed by atoms with E-state index in [0.29, 0.717) is 36.9 Å². The van der Waals surface area contributed by atoms with E-state index in [2.05, 4.69) is 16.0 Å². The summed E-state index contributed by atoms with van der Waals surface area (Å²) in [6.07, 6.45) is -0.649. The molecule has 4 rings (SSSR count). The van der Waals surface area contributed by atoms with Crippen molar-refractivity contribution in [3.05, 3.63) is 88.6 Å². The van der Waals surface area contributed by atoms with Gasteiger partial charge in [0.25, 0.3) is 0 Å². The fourth-order valence-corrected chi connectivity index (χ4v) is 4.04. The summed E-state index contributed by atoms with van der Waals surface area (Å²) in [4.78, 5) is 10.1. The van der Waals surface area contributed by atoms with Gasteiger partial charge in [-0.2, -0.15) is 18.4 Å². The van der Waals surface area contributed by atoms with Gasteiger partial charge in [-0.1, -0.05) is 24.3 Å². The van der Waals surface area contributed by atoms with Crippen molar-refractivity contribution >= 4 is 5.82 Å². The lowest BCUT2D eigenvalue weighted by atomic mass is 10.0. The zero-order valence-electron chi connectivity index (χ0n) is 17.1. The minimum absolute atomic E-state index is 0.178. The Morgan fingerprint density at radius 1 is 1.00 bits per heavy atom. The van der Waals surface area contributed by atoms with Gasteiger partial charge in [-0.15, -0.1) is 0 Å². The number of hydrogen-bond acceptors (Lipinski definition) is 4. The standard InChI is InChI=1S/C24H20F4N4/c25-22-20(12-7-16-3-5-17(14-29)6-4-16)30-15-31-23(22)32-13-1-2-21(32)18-8-10-19(11-9-18)24(26,27)28/h3-6,8-11,15,21H,1-2,7,12-13H2. The predicted octanol–water partition coefficient (Wildman–Crippen LogP) is 5.63. The minimum atomic E-state index is -4.39. The van der Waals surface area contributed by atoms with Crippen molar-refractivity contribution in [1.82, 2.24) is 9.97 Å². The Labute approximate surface area is 183 Å². The molecule has 0 radical (unpaired) electrons. The summed E-state index contributed by atoms with van der Waals surface area (Å²) < 4.78 is 53.9. The normalized spacial score (nSPS) is 16.2. The summed E-state index contributed by atoms with van der Waals surface area (Å²) in [5.74, 6) is -0.322. The van der Waals surface area contributed by atoms with Crippen molar-refractivity contribution in [2.75, 3.05) is 11.4 Å². The van der Waals surface area contributed by atoms with E-state index in [1.807, 2.05) is 17.0 Å². The third kappa shape index (κ3) is 4.57. The van der Waals surface area contributed by atoms with Crippen LogP contribution in [0.25, 0.3) is 0 Å². The van der Waals surface area contributed by atoms with Crippen LogP contribution in [0.5, 0.6) is 0 Å². The quantitative estimate of drug-likeness (QED) is 0.483. The zero-order valence-corrected chi connectivity index (χ0v) is 17.1. The van der Waals surface area contributed by atoms with E-state index in [0.717, 1.165) is 24.1 Å². The molecule has 32 heavy (non-hydrogen) atoms. The van der Waals surface area contributed by atoms with Crippen LogP contribution in [0.1, 0.15) is 46.8 Å². The molecular formula is C24H20F4N4. The van der Waals surface area contributed by atoms with Gasteiger partial charge in [0.15, 0.2) is 11.6 Å². The van der Waals surface area contributed by atoms with Crippen molar-refractivity contribution in [2.24, 2.45) is 0 Å². The van der Waals surface area contributed by atoms with Gasteiger partial charge < -0.3 is 4.90 Å². The number of rotatable bonds is 5. The number of alkyl halides is 3. The van der Waals surface area contributed by atoms with E-state index in [-0.39, 0.29) is 17.6 Å². The second-order valence-electron chi connectivity index (χ2n) is 7.74. The van der Waals surface area contributed by atoms with Gasteiger partial charge in [0.2, 0.25) is 0 Å². The molecular weight excluding hydrogens is 420 g/mol. The number of nitriles is 1. The summed E-state index contributed by atoms with van der Waals surface area (Å²) in [6, 6.07) is 14.0. The molecule has 164 valence electrons. The molecule has 1 aromatic heterocycles. The molecule has 2 heterocycles. The van der Waals surface area contributed by atoms with E-state index in [9.17, 15) is 13.2 Å². The van der Waals surface area contributed by atoms with Crippen LogP contribution in [0.3, 0.4) is 0 Å². The lowest BCUT2D eigenvalue weighted by molar-refractivity contribution is -0.137. The lowest BCUT2D eigenvalue weighted by Crippen LogP contribution is -2.25. The topological polar surface area (TPSA) is 52.8 Å². The highest BCUT2D eigenvalue weighted by atomic mass is 19.4. The first-order valence-electron chi connectivity index (χ1n) is 10.3. The summed E-state index contributed by atoms with van der Waals surface area (Å²) in [6.45, 7) is 0.564. The highest BCUT2D eigenvalue weighted by molar-refractivity contribution is 5.46. The van der Waals surface area contributed by atoms with Crippen LogP contribution < -0.4 is 4.90 Å². The molecule has 3 aromatic rings. The Morgan fingerprint density at radius 2 is 1.72 bits per heavy atom. The first-order chi connectivity index (χ1) is 15.4. The molecule has 1 unspecified atom stereocenters. The molecule has 0 spiro atoms. The van der Waals surface area contributed by atoms with E-state index >= 15 is 4.39 Å². The monoisotopic (exact) mass is 440 g/mol. The minimum Gasteiger partial charge on any atom is -0.347 e. The largest absolute Gasteiger partial charge is 0.416 e. The van der Waals surface area contributed by atoms with Crippen LogP contribution in [0.15, 0.2) is 54.9 Å². The summed E-state index contributed by atoms with van der Waals surface area (Å²) >= 11 is 0. The van der Waals surface area contributed by atoms with Gasteiger partial charge in [0.1, 0.15) is 6.33 Å². The van der Waals surface area contributed by atoms with Gasteiger partial charge in [-0.25, -0.2) is 14.4 Å². The summed E-state index contributed by atoms with van der Waals surface area (Å²) in [7, 11) is 0. The third-order valence-corrected chi connectivity index (χ3v) is 5.72. The van der Waals surface area contributed by atoms with Crippen molar-refractivity contribution in [3.8, 4) is 6.07 Å². The molecule has 1 atom stereocenters. The molecule has 2 aromatic carbocycles. The molecule has 1 fully saturated rings. The number of hydrogen-bond donors (Lipinski definition) is 0. The lowest BCUT2D eigenvalue weighted by Gasteiger charge is -2.27. The summed E-state index contributed by atoms with van der Waals surface area (Å²) in [5, 5.41) is 8.89. The number of anilines is 1. The second-order valence-corrected chi connectivity index (χ2v) is 7.74. The van der Waals surface area contributed by atoms with Crippen LogP contribution in [-0.2, 0) is 19.0 Å². The maximum Gasteiger partial charge on any atom is 0.416 e. The molecule has 4 nitrogen and oxygen atoms in total. The first-order valence-corrected chi connectivity index (χ1v) is 10.3. The van der Waals surface area contributed by atoms with Gasteiger partial charge in [-0.05, 0) is 61.1 Å². The molecule has 0 amide bonds. The Hall–Kier alpha value is -3.47. The van der Waals surface area contributed by atoms with E-state index < -0.39 is 17.6 Å². The molecule has 0 N–H and O–H groups in total. The maximum atomic E-state index is 15.3. The highest BCUT2D eigenvalue weighted by Crippen LogP contribution is 2.38. The Kier molecular flexibility index (Phi) is 6.08. The van der Waals surface area contributed by atoms with Gasteiger partial charge in [-0.3, -0.25) is 0 Å². The van der Waals surface area contributed by atoms with E-state index in [1.165, 1.54) is 18.5 Å². The second kappa shape index (κ2) is 8.95. The maximum absolute atomic E-state index is 15.3. The van der Waals surface area contributed by atoms with Gasteiger partial charge >= 0.3 is 6.18 Å². The fraction of sp³-hybridized carbons (Fsp3) is 0.292. The molecule has 1 aliphatic heterocycles. The molecule has 1 aliphatic rings. The number of aryl methyl sites for hydroxylation is 2. The van der Waals surface area contributed by atoms with Crippen molar-refractivity contribution in [2.45, 2.75) is 37.9 Å². The van der Waals surface area contributed by atoms with Crippen molar-refractivity contribution < 1.29 is 17.6 Å². The number of nitrogens with zero attached hydrogens (tertiary/aromatic N) is 4. The molecule has 0 bridgehead atoms. The fourth-order valence-electron chi connectivity index (χ4n) is 4.04. The zero-order chi connectivity index (χ0) is 22.7. The average Bonchev–Trinajstić information content (AvgIpc) is 3.28. The molecule has 0 aliphatic carbocycles. The van der Waals surface area contributed by atoms with Crippen molar-refractivity contribution in [1.29, 1.82) is 5.26 Å². The molecule has 0 saturated carbocycles. The Bertz CT molecular complexity index is 1120. The van der Waals surface area contributed by atoms with Crippen LogP contribution >= 0.6 is 0 Å². The smallest absolute Gasteiger partial charge is 0.347 e. The highest BCUT2D eigenvalue weighted by Gasteiger charge is 2.33. The predicted molar refractivity (Wildman–Crippen MR) is 111 cm³/mol. The number of aromatic nitrogens is 2. The van der Waals surface area contributed by atoms with E-state index in [4.69, 9.17) is 5.26 Å². The Balaban J connectivity index is 1.53. The Morgan fingerprint density at radius 3 is 2.38 bits per heavy atom. The number of benzene rings is 2. The molecule has 1 saturated heterocycles. The van der Waals surface area contributed by atoms with Crippen molar-refractivity contribution in [3.63, 3.8) is 0 Å². The SMILES string of the molecule is N#Cc1ccc(CCc2ncnc(N3CCCC3c3ccc(C(F)(F)F)cc3)c2F)cc1. The van der Waals surface area contributed by atoms with Crippen LogP contribution in [-0.4, -0.2) is 16.5 Å². The number of halogens is 4. The van der Waals surface area contributed by atoms with Crippen LogP contribution in [0.2, 0.25) is 0 Å². The average molecular weight is 440 g/mol. The summed E-state index contributed by atoms with van der Waals surface area (Å²) in [5.41, 5.74) is 1.81. The van der Waals surface area contributed by atoms with Crippen LogP contribution in [0, 0.1) is 17.1 Å². The van der Waals surface area contributed by atoms with E-state index in [1.54, 1.807) is 12.1 Å². The van der Waals surface area contributed by atoms with Gasteiger partial charge in [0.05, 0.1) is 28.9 Å².